The molecule has 2 rings (SSSR count). The highest BCUT2D eigenvalue weighted by Crippen LogP contribution is 2.23. The zero-order valence-electron chi connectivity index (χ0n) is 12.8. The van der Waals surface area contributed by atoms with Gasteiger partial charge in [-0.2, -0.15) is 0 Å². The molecule has 0 atom stereocenters. The van der Waals surface area contributed by atoms with Gasteiger partial charge in [-0.25, -0.2) is 0 Å². The van der Waals surface area contributed by atoms with Crippen LogP contribution in [0.1, 0.15) is 36.5 Å². The molecule has 1 aromatic carbocycles. The van der Waals surface area contributed by atoms with Crippen LogP contribution in [0.15, 0.2) is 18.2 Å². The average Bonchev–Trinajstić information content (AvgIpc) is 2.50. The standard InChI is InChI=1S/C16H24N2O3/c1-3-8-18-9-6-12(7-10-18)17-16(20)14-11-13(21-2)4-5-15(14)19/h4-5,11-12,19H,3,6-10H2,1-2H3,(H,17,20). The number of methoxy groups -OCH3 is 1. The Morgan fingerprint density at radius 1 is 1.43 bits per heavy atom. The molecule has 5 nitrogen and oxygen atoms in total. The second kappa shape index (κ2) is 7.31. The van der Waals surface area contributed by atoms with Crippen molar-refractivity contribution >= 4 is 5.91 Å². The van der Waals surface area contributed by atoms with Crippen molar-refractivity contribution < 1.29 is 14.6 Å². The normalized spacial score (nSPS) is 16.7. The van der Waals surface area contributed by atoms with Crippen LogP contribution in [0.25, 0.3) is 0 Å². The molecule has 116 valence electrons. The van der Waals surface area contributed by atoms with Gasteiger partial charge in [0.2, 0.25) is 0 Å². The number of amides is 1. The van der Waals surface area contributed by atoms with Gasteiger partial charge in [0.1, 0.15) is 11.5 Å². The Morgan fingerprint density at radius 2 is 2.14 bits per heavy atom. The molecule has 1 heterocycles. The molecule has 0 saturated carbocycles. The number of nitrogens with zero attached hydrogens (tertiary/aromatic N) is 1. The first-order chi connectivity index (χ1) is 10.1. The van der Waals surface area contributed by atoms with E-state index < -0.39 is 0 Å². The molecular formula is C16H24N2O3. The Balaban J connectivity index is 1.93. The summed E-state index contributed by atoms with van der Waals surface area (Å²) in [7, 11) is 1.54. The Bertz CT molecular complexity index is 482. The number of hydrogen-bond acceptors (Lipinski definition) is 4. The summed E-state index contributed by atoms with van der Waals surface area (Å²) in [5, 5.41) is 12.8. The van der Waals surface area contributed by atoms with Crippen molar-refractivity contribution in [1.29, 1.82) is 0 Å². The summed E-state index contributed by atoms with van der Waals surface area (Å²) in [6.45, 7) is 5.34. The van der Waals surface area contributed by atoms with Crippen LogP contribution >= 0.6 is 0 Å². The summed E-state index contributed by atoms with van der Waals surface area (Å²) in [6.07, 6.45) is 3.07. The van der Waals surface area contributed by atoms with Crippen molar-refractivity contribution in [3.05, 3.63) is 23.8 Å². The molecule has 0 bridgehead atoms. The molecule has 1 amide bonds. The van der Waals surface area contributed by atoms with Crippen molar-refractivity contribution in [3.63, 3.8) is 0 Å². The minimum absolute atomic E-state index is 0.0169. The molecule has 0 aromatic heterocycles. The topological polar surface area (TPSA) is 61.8 Å². The fourth-order valence-electron chi connectivity index (χ4n) is 2.70. The van der Waals surface area contributed by atoms with Gasteiger partial charge in [0.25, 0.3) is 5.91 Å². The Labute approximate surface area is 125 Å². The van der Waals surface area contributed by atoms with Gasteiger partial charge in [0.15, 0.2) is 0 Å². The monoisotopic (exact) mass is 292 g/mol. The number of phenols is 1. The number of piperidine rings is 1. The minimum Gasteiger partial charge on any atom is -0.507 e. The molecule has 0 spiro atoms. The van der Waals surface area contributed by atoms with Gasteiger partial charge in [0, 0.05) is 19.1 Å². The maximum absolute atomic E-state index is 12.3. The van der Waals surface area contributed by atoms with Gasteiger partial charge in [-0.3, -0.25) is 4.79 Å². The van der Waals surface area contributed by atoms with Gasteiger partial charge in [0.05, 0.1) is 12.7 Å². The lowest BCUT2D eigenvalue weighted by Gasteiger charge is -2.32. The van der Waals surface area contributed by atoms with Crippen molar-refractivity contribution in [2.75, 3.05) is 26.7 Å². The van der Waals surface area contributed by atoms with Crippen LogP contribution in [0.4, 0.5) is 0 Å². The van der Waals surface area contributed by atoms with Gasteiger partial charge in [-0.05, 0) is 44.0 Å². The molecule has 1 aromatic rings. The third-order valence-corrected chi connectivity index (χ3v) is 3.91. The maximum atomic E-state index is 12.3. The highest BCUT2D eigenvalue weighted by atomic mass is 16.5. The van der Waals surface area contributed by atoms with Crippen LogP contribution < -0.4 is 10.1 Å². The SMILES string of the molecule is CCCN1CCC(NC(=O)c2cc(OC)ccc2O)CC1. The molecule has 0 aliphatic carbocycles. The van der Waals surface area contributed by atoms with E-state index >= 15 is 0 Å². The average molecular weight is 292 g/mol. The summed E-state index contributed by atoms with van der Waals surface area (Å²) in [5.41, 5.74) is 0.269. The van der Waals surface area contributed by atoms with Crippen LogP contribution in [0.3, 0.4) is 0 Å². The van der Waals surface area contributed by atoms with Crippen molar-refractivity contribution in [3.8, 4) is 11.5 Å². The summed E-state index contributed by atoms with van der Waals surface area (Å²) in [5.74, 6) is 0.313. The van der Waals surface area contributed by atoms with Gasteiger partial charge in [-0.15, -0.1) is 0 Å². The second-order valence-electron chi connectivity index (χ2n) is 5.47. The number of phenolic OH excluding ortho intramolecular Hbond substituents is 1. The molecule has 0 unspecified atom stereocenters. The first-order valence-corrected chi connectivity index (χ1v) is 7.54. The van der Waals surface area contributed by atoms with Crippen LogP contribution in [0, 0.1) is 0 Å². The van der Waals surface area contributed by atoms with E-state index in [1.165, 1.54) is 13.2 Å². The highest BCUT2D eigenvalue weighted by molar-refractivity contribution is 5.97. The number of ether oxygens (including phenoxy) is 1. The molecule has 5 heteroatoms. The molecular weight excluding hydrogens is 268 g/mol. The molecule has 21 heavy (non-hydrogen) atoms. The second-order valence-corrected chi connectivity index (χ2v) is 5.47. The van der Waals surface area contributed by atoms with Crippen molar-refractivity contribution in [2.45, 2.75) is 32.2 Å². The first-order valence-electron chi connectivity index (χ1n) is 7.54. The number of aromatic hydroxyl groups is 1. The van der Waals surface area contributed by atoms with Crippen molar-refractivity contribution in [2.24, 2.45) is 0 Å². The molecule has 1 fully saturated rings. The van der Waals surface area contributed by atoms with E-state index in [0.29, 0.717) is 5.75 Å². The van der Waals surface area contributed by atoms with Crippen molar-refractivity contribution in [1.82, 2.24) is 10.2 Å². The highest BCUT2D eigenvalue weighted by Gasteiger charge is 2.22. The van der Waals surface area contributed by atoms with E-state index in [1.807, 2.05) is 0 Å². The van der Waals surface area contributed by atoms with Gasteiger partial charge in [-0.1, -0.05) is 6.92 Å². The molecule has 0 radical (unpaired) electrons. The number of carbonyl (C=O) groups is 1. The lowest BCUT2D eigenvalue weighted by molar-refractivity contribution is 0.0908. The summed E-state index contributed by atoms with van der Waals surface area (Å²) >= 11 is 0. The zero-order valence-corrected chi connectivity index (χ0v) is 12.8. The molecule has 1 aliphatic heterocycles. The third-order valence-electron chi connectivity index (χ3n) is 3.91. The number of benzene rings is 1. The fraction of sp³-hybridized carbons (Fsp3) is 0.562. The van der Waals surface area contributed by atoms with Crippen LogP contribution in [0.5, 0.6) is 11.5 Å². The van der Waals surface area contributed by atoms with Gasteiger partial charge < -0.3 is 20.1 Å². The quantitative estimate of drug-likeness (QED) is 0.871. The molecule has 2 N–H and O–H groups in total. The van der Waals surface area contributed by atoms with E-state index in [0.717, 1.165) is 38.9 Å². The Morgan fingerprint density at radius 3 is 2.76 bits per heavy atom. The minimum atomic E-state index is -0.236. The maximum Gasteiger partial charge on any atom is 0.255 e. The van der Waals surface area contributed by atoms with Crippen LogP contribution in [-0.4, -0.2) is 48.7 Å². The molecule has 1 aliphatic rings. The number of nitrogens with one attached hydrogen (secondary N) is 1. The summed E-state index contributed by atoms with van der Waals surface area (Å²) in [4.78, 5) is 14.7. The van der Waals surface area contributed by atoms with E-state index in [2.05, 4.69) is 17.1 Å². The first kappa shape index (κ1) is 15.6. The Hall–Kier alpha value is -1.75. The lowest BCUT2D eigenvalue weighted by atomic mass is 10.0. The largest absolute Gasteiger partial charge is 0.507 e. The predicted molar refractivity (Wildman–Crippen MR) is 81.9 cm³/mol. The van der Waals surface area contributed by atoms with Crippen LogP contribution in [-0.2, 0) is 0 Å². The lowest BCUT2D eigenvalue weighted by Crippen LogP contribution is -2.44. The number of rotatable bonds is 5. The number of likely N-dealkylation sites (tertiary alicyclic amines) is 1. The third kappa shape index (κ3) is 4.11. The summed E-state index contributed by atoms with van der Waals surface area (Å²) in [6, 6.07) is 4.86. The number of hydrogen-bond donors (Lipinski definition) is 2. The van der Waals surface area contributed by atoms with E-state index in [1.54, 1.807) is 12.1 Å². The Kier molecular flexibility index (Phi) is 5.44. The molecule has 1 saturated heterocycles. The van der Waals surface area contributed by atoms with E-state index in [4.69, 9.17) is 4.74 Å². The van der Waals surface area contributed by atoms with Crippen LogP contribution in [0.2, 0.25) is 0 Å². The smallest absolute Gasteiger partial charge is 0.255 e. The van der Waals surface area contributed by atoms with Gasteiger partial charge >= 0.3 is 0 Å². The zero-order chi connectivity index (χ0) is 15.2. The predicted octanol–water partition coefficient (Wildman–Crippen LogP) is 2.00. The van der Waals surface area contributed by atoms with E-state index in [9.17, 15) is 9.90 Å². The fourth-order valence-corrected chi connectivity index (χ4v) is 2.70. The number of carbonyl (C=O) groups excluding carboxylic acids is 1. The van der Waals surface area contributed by atoms with E-state index in [-0.39, 0.29) is 23.3 Å². The summed E-state index contributed by atoms with van der Waals surface area (Å²) < 4.78 is 5.09.